The summed E-state index contributed by atoms with van der Waals surface area (Å²) in [5, 5.41) is 28.7. The van der Waals surface area contributed by atoms with Gasteiger partial charge in [-0.05, 0) is 5.56 Å². The van der Waals surface area contributed by atoms with Gasteiger partial charge in [-0.3, -0.25) is 19.7 Å². The van der Waals surface area contributed by atoms with Gasteiger partial charge in [0.15, 0.2) is 0 Å². The quantitative estimate of drug-likeness (QED) is 0.346. The van der Waals surface area contributed by atoms with Gasteiger partial charge in [0.25, 0.3) is 11.6 Å². The number of rotatable bonds is 5. The summed E-state index contributed by atoms with van der Waals surface area (Å²) in [5.74, 6) is -2.77. The van der Waals surface area contributed by atoms with Crippen molar-refractivity contribution in [3.8, 4) is 5.75 Å². The van der Waals surface area contributed by atoms with Crippen LogP contribution in [0.5, 0.6) is 5.75 Å². The van der Waals surface area contributed by atoms with E-state index in [2.05, 4.69) is 15.8 Å². The molecular weight excluding hydrogens is 352 g/mol. The first-order valence-corrected chi connectivity index (χ1v) is 8.08. The van der Waals surface area contributed by atoms with E-state index in [0.717, 1.165) is 30.0 Å². The van der Waals surface area contributed by atoms with E-state index >= 15 is 0 Å². The monoisotopic (exact) mass is 367 g/mol. The highest BCUT2D eigenvalue weighted by Gasteiger charge is 2.40. The molecule has 0 saturated carbocycles. The second kappa shape index (κ2) is 7.65. The molecule has 0 bridgehead atoms. The molecular formula is C18H15N4O5-. The van der Waals surface area contributed by atoms with Gasteiger partial charge in [0.2, 0.25) is 5.91 Å². The van der Waals surface area contributed by atoms with E-state index in [0.29, 0.717) is 6.54 Å². The fraction of sp³-hybridized carbons (Fsp3) is 0.167. The van der Waals surface area contributed by atoms with Gasteiger partial charge in [-0.25, -0.2) is 5.43 Å². The third kappa shape index (κ3) is 3.92. The number of nitrogens with zero attached hydrogens (tertiary/aromatic N) is 2. The maximum Gasteiger partial charge on any atom is 0.278 e. The smallest absolute Gasteiger partial charge is 0.278 e. The Labute approximate surface area is 153 Å². The molecule has 0 unspecified atom stereocenters. The average molecular weight is 367 g/mol. The predicted molar refractivity (Wildman–Crippen MR) is 94.0 cm³/mol. The number of hydrogen-bond donors (Lipinski definition) is 2. The van der Waals surface area contributed by atoms with E-state index in [-0.39, 0.29) is 17.2 Å². The third-order valence-electron chi connectivity index (χ3n) is 4.27. The number of nitro groups is 1. The number of amides is 2. The standard InChI is InChI=1S/C18H16N4O5/c23-13-6-7-15(22(26)27)12(8-13)9-20-21-18(25)16-14(10-19-17(16)24)11-4-2-1-3-5-11/h1-9,14,16,23H,10H2,(H,19,24)(H,21,25)/p-1/b20-9+/t14-,16-/m0/s1. The molecule has 2 N–H and O–H groups in total. The first-order valence-electron chi connectivity index (χ1n) is 8.08. The Morgan fingerprint density at radius 1 is 1.26 bits per heavy atom. The number of hydrazone groups is 1. The minimum Gasteiger partial charge on any atom is -0.872 e. The summed E-state index contributed by atoms with van der Waals surface area (Å²) in [6.45, 7) is 0.328. The van der Waals surface area contributed by atoms with Crippen LogP contribution in [0, 0.1) is 16.0 Å². The molecule has 0 radical (unpaired) electrons. The molecule has 2 aromatic carbocycles. The van der Waals surface area contributed by atoms with Crippen molar-refractivity contribution >= 4 is 23.7 Å². The van der Waals surface area contributed by atoms with Crippen molar-refractivity contribution in [2.24, 2.45) is 11.0 Å². The third-order valence-corrected chi connectivity index (χ3v) is 4.27. The molecule has 1 aliphatic heterocycles. The topological polar surface area (TPSA) is 137 Å². The summed E-state index contributed by atoms with van der Waals surface area (Å²) in [6, 6.07) is 12.3. The van der Waals surface area contributed by atoms with E-state index < -0.39 is 28.4 Å². The van der Waals surface area contributed by atoms with Gasteiger partial charge in [0, 0.05) is 18.5 Å². The van der Waals surface area contributed by atoms with Crippen LogP contribution in [0.3, 0.4) is 0 Å². The van der Waals surface area contributed by atoms with Crippen LogP contribution in [-0.2, 0) is 9.59 Å². The molecule has 1 fully saturated rings. The van der Waals surface area contributed by atoms with Crippen LogP contribution in [0.25, 0.3) is 0 Å². The van der Waals surface area contributed by atoms with Crippen molar-refractivity contribution in [2.75, 3.05) is 6.54 Å². The molecule has 2 atom stereocenters. The molecule has 1 saturated heterocycles. The van der Waals surface area contributed by atoms with Crippen LogP contribution in [0.1, 0.15) is 17.0 Å². The molecule has 138 valence electrons. The summed E-state index contributed by atoms with van der Waals surface area (Å²) in [4.78, 5) is 34.8. The van der Waals surface area contributed by atoms with Crippen molar-refractivity contribution in [1.82, 2.24) is 10.7 Å². The van der Waals surface area contributed by atoms with E-state index in [4.69, 9.17) is 0 Å². The summed E-state index contributed by atoms with van der Waals surface area (Å²) in [7, 11) is 0. The molecule has 27 heavy (non-hydrogen) atoms. The molecule has 0 spiro atoms. The molecule has 1 heterocycles. The highest BCUT2D eigenvalue weighted by atomic mass is 16.6. The lowest BCUT2D eigenvalue weighted by Gasteiger charge is -2.15. The van der Waals surface area contributed by atoms with Gasteiger partial charge in [-0.1, -0.05) is 42.5 Å². The minimum atomic E-state index is -0.967. The predicted octanol–water partition coefficient (Wildman–Crippen LogP) is 0.648. The van der Waals surface area contributed by atoms with Gasteiger partial charge in [-0.2, -0.15) is 5.10 Å². The summed E-state index contributed by atoms with van der Waals surface area (Å²) >= 11 is 0. The molecule has 3 rings (SSSR count). The van der Waals surface area contributed by atoms with Crippen LogP contribution in [0.15, 0.2) is 53.6 Å². The van der Waals surface area contributed by atoms with E-state index in [1.54, 1.807) is 0 Å². The maximum atomic E-state index is 12.4. The summed E-state index contributed by atoms with van der Waals surface area (Å²) in [5.41, 5.74) is 2.73. The highest BCUT2D eigenvalue weighted by molar-refractivity contribution is 6.03. The zero-order valence-corrected chi connectivity index (χ0v) is 14.0. The molecule has 1 aliphatic rings. The van der Waals surface area contributed by atoms with Crippen molar-refractivity contribution in [3.63, 3.8) is 0 Å². The number of benzene rings is 2. The summed E-state index contributed by atoms with van der Waals surface area (Å²) < 4.78 is 0. The van der Waals surface area contributed by atoms with Crippen molar-refractivity contribution in [3.05, 3.63) is 69.8 Å². The second-order valence-electron chi connectivity index (χ2n) is 5.95. The normalized spacial score (nSPS) is 19.0. The van der Waals surface area contributed by atoms with Crippen LogP contribution >= 0.6 is 0 Å². The van der Waals surface area contributed by atoms with Crippen molar-refractivity contribution in [1.29, 1.82) is 0 Å². The van der Waals surface area contributed by atoms with Crippen LogP contribution in [0.2, 0.25) is 0 Å². The van der Waals surface area contributed by atoms with Crippen LogP contribution in [0.4, 0.5) is 5.69 Å². The zero-order chi connectivity index (χ0) is 19.4. The largest absolute Gasteiger partial charge is 0.872 e. The van der Waals surface area contributed by atoms with E-state index in [9.17, 15) is 24.8 Å². The van der Waals surface area contributed by atoms with E-state index in [1.807, 2.05) is 30.3 Å². The van der Waals surface area contributed by atoms with Gasteiger partial charge >= 0.3 is 0 Å². The molecule has 0 aliphatic carbocycles. The Kier molecular flexibility index (Phi) is 5.11. The van der Waals surface area contributed by atoms with Crippen LogP contribution in [-0.4, -0.2) is 29.5 Å². The van der Waals surface area contributed by atoms with Gasteiger partial charge in [-0.15, -0.1) is 5.75 Å². The van der Waals surface area contributed by atoms with Crippen LogP contribution < -0.4 is 15.8 Å². The van der Waals surface area contributed by atoms with E-state index in [1.165, 1.54) is 0 Å². The second-order valence-corrected chi connectivity index (χ2v) is 5.95. The Hall–Kier alpha value is -3.75. The first kappa shape index (κ1) is 18.1. The molecule has 9 heteroatoms. The summed E-state index contributed by atoms with van der Waals surface area (Å²) in [6.07, 6.45) is 1.02. The Balaban J connectivity index is 1.75. The Morgan fingerprint density at radius 3 is 2.70 bits per heavy atom. The van der Waals surface area contributed by atoms with Gasteiger partial charge in [0.1, 0.15) is 5.92 Å². The zero-order valence-electron chi connectivity index (χ0n) is 14.0. The maximum absolute atomic E-state index is 12.4. The van der Waals surface area contributed by atoms with Crippen molar-refractivity contribution < 1.29 is 19.6 Å². The molecule has 2 amide bonds. The Morgan fingerprint density at radius 2 is 2.00 bits per heavy atom. The number of hydrogen-bond acceptors (Lipinski definition) is 6. The molecule has 0 aromatic heterocycles. The fourth-order valence-corrected chi connectivity index (χ4v) is 2.97. The number of nitro benzene ring substituents is 1. The lowest BCUT2D eigenvalue weighted by molar-refractivity contribution is -0.385. The number of nitrogens with one attached hydrogen (secondary N) is 2. The molecule has 2 aromatic rings. The number of carbonyl (C=O) groups is 2. The Bertz CT molecular complexity index is 913. The highest BCUT2D eigenvalue weighted by Crippen LogP contribution is 2.29. The average Bonchev–Trinajstić information content (AvgIpc) is 3.04. The SMILES string of the molecule is O=C1NC[C@@H](c2ccccc2)[C@@H]1C(=O)N/N=C/c1cc([O-])ccc1[N+](=O)[O-]. The molecule has 9 nitrogen and oxygen atoms in total. The number of carbonyl (C=O) groups excluding carboxylic acids is 2. The fourth-order valence-electron chi connectivity index (χ4n) is 2.97. The first-order chi connectivity index (χ1) is 13.0. The van der Waals surface area contributed by atoms with Gasteiger partial charge in [0.05, 0.1) is 16.7 Å². The van der Waals surface area contributed by atoms with Gasteiger partial charge < -0.3 is 10.4 Å². The lowest BCUT2D eigenvalue weighted by atomic mass is 9.88. The lowest BCUT2D eigenvalue weighted by Crippen LogP contribution is -2.34. The van der Waals surface area contributed by atoms with Crippen molar-refractivity contribution in [2.45, 2.75) is 5.92 Å². The minimum absolute atomic E-state index is 0.0386.